The number of aliphatic hydroxyl groups is 1. The zero-order chi connectivity index (χ0) is 13.1. The molecule has 1 aromatic carbocycles. The standard InChI is InChI=1S/C14H18ClNO2/c1-9(2)14-6-10-5-11(18-4-3-17)7-13(15)12(10)8-16-14/h5,7-9,14,17H,3-4,6H2,1-2H3. The summed E-state index contributed by atoms with van der Waals surface area (Å²) in [5.74, 6) is 1.22. The van der Waals surface area contributed by atoms with Crippen LogP contribution >= 0.6 is 11.6 Å². The van der Waals surface area contributed by atoms with Crippen molar-refractivity contribution in [3.05, 3.63) is 28.3 Å². The maximum atomic E-state index is 8.77. The van der Waals surface area contributed by atoms with Crippen LogP contribution in [0.4, 0.5) is 0 Å². The minimum Gasteiger partial charge on any atom is -0.491 e. The van der Waals surface area contributed by atoms with Gasteiger partial charge in [0, 0.05) is 11.8 Å². The Morgan fingerprint density at radius 1 is 1.50 bits per heavy atom. The zero-order valence-electron chi connectivity index (χ0n) is 10.7. The van der Waals surface area contributed by atoms with Crippen LogP contribution < -0.4 is 4.74 Å². The van der Waals surface area contributed by atoms with Gasteiger partial charge in [-0.15, -0.1) is 0 Å². The summed E-state index contributed by atoms with van der Waals surface area (Å²) in [7, 11) is 0. The van der Waals surface area contributed by atoms with Gasteiger partial charge in [0.1, 0.15) is 12.4 Å². The van der Waals surface area contributed by atoms with Crippen molar-refractivity contribution in [2.24, 2.45) is 10.9 Å². The highest BCUT2D eigenvalue weighted by molar-refractivity contribution is 6.33. The lowest BCUT2D eigenvalue weighted by Gasteiger charge is -2.23. The smallest absolute Gasteiger partial charge is 0.121 e. The third-order valence-corrected chi connectivity index (χ3v) is 3.46. The average Bonchev–Trinajstić information content (AvgIpc) is 2.35. The van der Waals surface area contributed by atoms with E-state index in [0.29, 0.717) is 22.7 Å². The van der Waals surface area contributed by atoms with Crippen LogP contribution in [0.5, 0.6) is 5.75 Å². The number of hydrogen-bond acceptors (Lipinski definition) is 3. The number of ether oxygens (including phenoxy) is 1. The van der Waals surface area contributed by atoms with E-state index >= 15 is 0 Å². The normalized spacial score (nSPS) is 17.9. The first-order valence-electron chi connectivity index (χ1n) is 6.21. The van der Waals surface area contributed by atoms with Gasteiger partial charge in [0.2, 0.25) is 0 Å². The van der Waals surface area contributed by atoms with Crippen molar-refractivity contribution in [3.63, 3.8) is 0 Å². The van der Waals surface area contributed by atoms with Gasteiger partial charge in [-0.25, -0.2) is 0 Å². The molecule has 1 atom stereocenters. The molecule has 1 aliphatic heterocycles. The van der Waals surface area contributed by atoms with Crippen molar-refractivity contribution >= 4 is 17.8 Å². The van der Waals surface area contributed by atoms with Crippen LogP contribution in [0.15, 0.2) is 17.1 Å². The summed E-state index contributed by atoms with van der Waals surface area (Å²) < 4.78 is 5.42. The van der Waals surface area contributed by atoms with Gasteiger partial charge in [-0.05, 0) is 30.0 Å². The third kappa shape index (κ3) is 2.85. The minimum atomic E-state index is 0.00474. The molecular weight excluding hydrogens is 250 g/mol. The molecule has 0 fully saturated rings. The van der Waals surface area contributed by atoms with Crippen molar-refractivity contribution in [3.8, 4) is 5.75 Å². The molecule has 4 heteroatoms. The molecule has 0 aromatic heterocycles. The lowest BCUT2D eigenvalue weighted by molar-refractivity contribution is 0.201. The predicted octanol–water partition coefficient (Wildman–Crippen LogP) is 2.71. The van der Waals surface area contributed by atoms with E-state index in [1.165, 1.54) is 5.56 Å². The molecule has 1 N–H and O–H groups in total. The Morgan fingerprint density at radius 2 is 2.28 bits per heavy atom. The number of halogens is 1. The van der Waals surface area contributed by atoms with E-state index in [1.54, 1.807) is 6.07 Å². The molecule has 0 spiro atoms. The van der Waals surface area contributed by atoms with Crippen molar-refractivity contribution in [2.75, 3.05) is 13.2 Å². The van der Waals surface area contributed by atoms with E-state index in [-0.39, 0.29) is 13.2 Å². The Balaban J connectivity index is 2.27. The van der Waals surface area contributed by atoms with Crippen LogP contribution in [0.2, 0.25) is 5.02 Å². The molecule has 1 heterocycles. The van der Waals surface area contributed by atoms with Crippen molar-refractivity contribution in [1.82, 2.24) is 0 Å². The first-order chi connectivity index (χ1) is 8.61. The molecular formula is C14H18ClNO2. The lowest BCUT2D eigenvalue weighted by atomic mass is 9.91. The van der Waals surface area contributed by atoms with E-state index < -0.39 is 0 Å². The van der Waals surface area contributed by atoms with E-state index in [1.807, 2.05) is 12.3 Å². The fourth-order valence-corrected chi connectivity index (χ4v) is 2.34. The zero-order valence-corrected chi connectivity index (χ0v) is 11.4. The Labute approximate surface area is 112 Å². The number of nitrogens with zero attached hydrogens (tertiary/aromatic N) is 1. The van der Waals surface area contributed by atoms with Gasteiger partial charge in [-0.2, -0.15) is 0 Å². The van der Waals surface area contributed by atoms with Gasteiger partial charge in [-0.1, -0.05) is 25.4 Å². The molecule has 0 radical (unpaired) electrons. The number of fused-ring (bicyclic) bond motifs is 1. The van der Waals surface area contributed by atoms with E-state index in [4.69, 9.17) is 21.4 Å². The maximum Gasteiger partial charge on any atom is 0.121 e. The summed E-state index contributed by atoms with van der Waals surface area (Å²) >= 11 is 6.22. The second-order valence-corrected chi connectivity index (χ2v) is 5.25. The highest BCUT2D eigenvalue weighted by atomic mass is 35.5. The van der Waals surface area contributed by atoms with Gasteiger partial charge in [0.05, 0.1) is 17.7 Å². The van der Waals surface area contributed by atoms with Gasteiger partial charge in [0.25, 0.3) is 0 Å². The number of hydrogen-bond donors (Lipinski definition) is 1. The van der Waals surface area contributed by atoms with Crippen LogP contribution in [0.3, 0.4) is 0 Å². The second kappa shape index (κ2) is 5.72. The number of aliphatic hydroxyl groups excluding tert-OH is 1. The number of benzene rings is 1. The lowest BCUT2D eigenvalue weighted by Crippen LogP contribution is -2.21. The highest BCUT2D eigenvalue weighted by Crippen LogP contribution is 2.30. The molecule has 1 aromatic rings. The monoisotopic (exact) mass is 267 g/mol. The number of aliphatic imine (C=N–C) groups is 1. The first kappa shape index (κ1) is 13.4. The topological polar surface area (TPSA) is 41.8 Å². The molecule has 0 aliphatic carbocycles. The van der Waals surface area contributed by atoms with Gasteiger partial charge in [0.15, 0.2) is 0 Å². The SMILES string of the molecule is CC(C)C1Cc2cc(OCCO)cc(Cl)c2C=N1. The van der Waals surface area contributed by atoms with Crippen LogP contribution in [0.1, 0.15) is 25.0 Å². The molecule has 1 aliphatic rings. The fraction of sp³-hybridized carbons (Fsp3) is 0.500. The quantitative estimate of drug-likeness (QED) is 0.911. The molecule has 0 saturated heterocycles. The Morgan fingerprint density at radius 3 is 2.94 bits per heavy atom. The Kier molecular flexibility index (Phi) is 4.25. The maximum absolute atomic E-state index is 8.77. The van der Waals surface area contributed by atoms with E-state index in [0.717, 1.165) is 12.0 Å². The van der Waals surface area contributed by atoms with Gasteiger partial charge in [-0.3, -0.25) is 4.99 Å². The van der Waals surface area contributed by atoms with Crippen molar-refractivity contribution in [2.45, 2.75) is 26.3 Å². The summed E-state index contributed by atoms with van der Waals surface area (Å²) in [5, 5.41) is 9.43. The molecule has 1 unspecified atom stereocenters. The molecule has 18 heavy (non-hydrogen) atoms. The summed E-state index contributed by atoms with van der Waals surface area (Å²) in [6.07, 6.45) is 2.75. The van der Waals surface area contributed by atoms with Crippen LogP contribution in [-0.4, -0.2) is 30.6 Å². The second-order valence-electron chi connectivity index (χ2n) is 4.84. The van der Waals surface area contributed by atoms with Crippen molar-refractivity contribution < 1.29 is 9.84 Å². The molecule has 98 valence electrons. The van der Waals surface area contributed by atoms with Crippen LogP contribution in [-0.2, 0) is 6.42 Å². The highest BCUT2D eigenvalue weighted by Gasteiger charge is 2.20. The minimum absolute atomic E-state index is 0.00474. The molecule has 0 bridgehead atoms. The summed E-state index contributed by atoms with van der Waals surface area (Å²) in [6.45, 7) is 4.63. The predicted molar refractivity (Wildman–Crippen MR) is 74.0 cm³/mol. The third-order valence-electron chi connectivity index (χ3n) is 3.14. The Bertz CT molecular complexity index is 457. The van der Waals surface area contributed by atoms with Crippen LogP contribution in [0, 0.1) is 5.92 Å². The largest absolute Gasteiger partial charge is 0.491 e. The van der Waals surface area contributed by atoms with E-state index in [9.17, 15) is 0 Å². The van der Waals surface area contributed by atoms with E-state index in [2.05, 4.69) is 18.8 Å². The molecule has 0 amide bonds. The summed E-state index contributed by atoms with van der Waals surface area (Å²) in [4.78, 5) is 4.53. The summed E-state index contributed by atoms with van der Waals surface area (Å²) in [5.41, 5.74) is 2.16. The number of rotatable bonds is 4. The Hall–Kier alpha value is -1.06. The first-order valence-corrected chi connectivity index (χ1v) is 6.59. The van der Waals surface area contributed by atoms with Gasteiger partial charge < -0.3 is 9.84 Å². The average molecular weight is 268 g/mol. The van der Waals surface area contributed by atoms with Gasteiger partial charge >= 0.3 is 0 Å². The molecule has 3 nitrogen and oxygen atoms in total. The van der Waals surface area contributed by atoms with Crippen molar-refractivity contribution in [1.29, 1.82) is 0 Å². The summed E-state index contributed by atoms with van der Waals surface area (Å²) in [6, 6.07) is 4.08. The van der Waals surface area contributed by atoms with Crippen LogP contribution in [0.25, 0.3) is 0 Å². The fourth-order valence-electron chi connectivity index (χ4n) is 2.06. The molecule has 0 saturated carbocycles. The molecule has 2 rings (SSSR count).